The molecule has 0 fully saturated rings. The molecule has 1 amide bonds. The highest BCUT2D eigenvalue weighted by Gasteiger charge is 2.13. The molecule has 0 aromatic heterocycles. The molecule has 0 heterocycles. The van der Waals surface area contributed by atoms with Crippen molar-refractivity contribution in [2.24, 2.45) is 0 Å². The zero-order valence-electron chi connectivity index (χ0n) is 12.5. The van der Waals surface area contributed by atoms with Crippen molar-refractivity contribution in [3.05, 3.63) is 64.7 Å². The lowest BCUT2D eigenvalue weighted by Crippen LogP contribution is -2.26. The molecule has 0 aliphatic carbocycles. The predicted octanol–water partition coefficient (Wildman–Crippen LogP) is 2.22. The van der Waals surface area contributed by atoms with Crippen LogP contribution in [0.2, 0.25) is 5.02 Å². The minimum Gasteiger partial charge on any atom is -0.352 e. The third-order valence-corrected chi connectivity index (χ3v) is 4.95. The van der Waals surface area contributed by atoms with E-state index in [1.807, 2.05) is 12.1 Å². The third-order valence-electron chi connectivity index (χ3n) is 3.29. The van der Waals surface area contributed by atoms with Gasteiger partial charge in [-0.25, -0.2) is 13.1 Å². The molecule has 2 aromatic carbocycles. The molecule has 0 saturated carbocycles. The monoisotopic (exact) mass is 352 g/mol. The summed E-state index contributed by atoms with van der Waals surface area (Å²) in [4.78, 5) is 12.2. The highest BCUT2D eigenvalue weighted by Crippen LogP contribution is 2.12. The van der Waals surface area contributed by atoms with Gasteiger partial charge in [-0.15, -0.1) is 0 Å². The molecule has 0 aliphatic rings. The zero-order chi connectivity index (χ0) is 16.9. The lowest BCUT2D eigenvalue weighted by Gasteiger charge is -2.07. The molecular weight excluding hydrogens is 336 g/mol. The van der Waals surface area contributed by atoms with E-state index in [0.717, 1.165) is 5.56 Å². The first kappa shape index (κ1) is 17.5. The van der Waals surface area contributed by atoms with Crippen molar-refractivity contribution in [1.82, 2.24) is 10.0 Å². The summed E-state index contributed by atoms with van der Waals surface area (Å²) in [6.07, 6.45) is 0.664. The highest BCUT2D eigenvalue weighted by molar-refractivity contribution is 7.89. The van der Waals surface area contributed by atoms with Gasteiger partial charge in [-0.2, -0.15) is 0 Å². The molecule has 23 heavy (non-hydrogen) atoms. The molecule has 2 N–H and O–H groups in total. The van der Waals surface area contributed by atoms with Gasteiger partial charge < -0.3 is 5.32 Å². The second kappa shape index (κ2) is 7.59. The van der Waals surface area contributed by atoms with Crippen molar-refractivity contribution in [3.8, 4) is 0 Å². The van der Waals surface area contributed by atoms with Crippen LogP contribution in [-0.2, 0) is 16.4 Å². The van der Waals surface area contributed by atoms with E-state index < -0.39 is 10.0 Å². The second-order valence-electron chi connectivity index (χ2n) is 4.87. The van der Waals surface area contributed by atoms with Gasteiger partial charge >= 0.3 is 0 Å². The topological polar surface area (TPSA) is 75.3 Å². The van der Waals surface area contributed by atoms with Crippen molar-refractivity contribution in [3.63, 3.8) is 0 Å². The van der Waals surface area contributed by atoms with Gasteiger partial charge in [-0.05, 0) is 49.4 Å². The first-order valence-corrected chi connectivity index (χ1v) is 8.85. The summed E-state index contributed by atoms with van der Waals surface area (Å²) < 4.78 is 25.7. The van der Waals surface area contributed by atoms with Crippen molar-refractivity contribution in [1.29, 1.82) is 0 Å². The number of carbonyl (C=O) groups excluding carboxylic acids is 1. The Kier molecular flexibility index (Phi) is 5.76. The molecule has 0 unspecified atom stereocenters. The Morgan fingerprint density at radius 1 is 1.13 bits per heavy atom. The fourth-order valence-electron chi connectivity index (χ4n) is 2.00. The van der Waals surface area contributed by atoms with Gasteiger partial charge in [-0.3, -0.25) is 4.79 Å². The summed E-state index contributed by atoms with van der Waals surface area (Å²) in [5.41, 5.74) is 1.36. The molecule has 0 bridgehead atoms. The molecule has 0 aliphatic heterocycles. The molecule has 0 spiro atoms. The number of hydrogen-bond donors (Lipinski definition) is 2. The second-order valence-corrected chi connectivity index (χ2v) is 7.19. The zero-order valence-corrected chi connectivity index (χ0v) is 14.1. The van der Waals surface area contributed by atoms with Crippen LogP contribution in [0.15, 0.2) is 53.4 Å². The number of hydrogen-bond acceptors (Lipinski definition) is 3. The normalized spacial score (nSPS) is 11.2. The predicted molar refractivity (Wildman–Crippen MR) is 90.2 cm³/mol. The Hall–Kier alpha value is -1.89. The smallest absolute Gasteiger partial charge is 0.251 e. The Labute approximate surface area is 140 Å². The Bertz CT molecular complexity index is 789. The third kappa shape index (κ3) is 4.79. The van der Waals surface area contributed by atoms with E-state index in [1.54, 1.807) is 24.3 Å². The lowest BCUT2D eigenvalue weighted by molar-refractivity contribution is 0.0954. The van der Waals surface area contributed by atoms with Crippen LogP contribution in [0.1, 0.15) is 15.9 Å². The van der Waals surface area contributed by atoms with Crippen LogP contribution in [0.3, 0.4) is 0 Å². The molecular formula is C16H17ClN2O3S. The van der Waals surface area contributed by atoms with Crippen LogP contribution in [0.5, 0.6) is 0 Å². The highest BCUT2D eigenvalue weighted by atomic mass is 35.5. The minimum absolute atomic E-state index is 0.0605. The number of halogens is 1. The van der Waals surface area contributed by atoms with Gasteiger partial charge in [0.15, 0.2) is 0 Å². The van der Waals surface area contributed by atoms with Crippen LogP contribution in [-0.4, -0.2) is 27.9 Å². The van der Waals surface area contributed by atoms with Crippen LogP contribution in [0, 0.1) is 0 Å². The van der Waals surface area contributed by atoms with Crippen molar-refractivity contribution < 1.29 is 13.2 Å². The summed E-state index contributed by atoms with van der Waals surface area (Å²) in [7, 11) is -2.24. The molecule has 2 aromatic rings. The van der Waals surface area contributed by atoms with Gasteiger partial charge in [0, 0.05) is 17.1 Å². The number of nitrogens with one attached hydrogen (secondary N) is 2. The van der Waals surface area contributed by atoms with Crippen LogP contribution in [0.4, 0.5) is 0 Å². The van der Waals surface area contributed by atoms with Crippen molar-refractivity contribution >= 4 is 27.5 Å². The molecule has 5 nitrogen and oxygen atoms in total. The Morgan fingerprint density at radius 3 is 2.48 bits per heavy atom. The maximum Gasteiger partial charge on any atom is 0.251 e. The summed E-state index contributed by atoms with van der Waals surface area (Å²) >= 11 is 5.82. The first-order valence-electron chi connectivity index (χ1n) is 6.98. The maximum absolute atomic E-state index is 12.1. The Balaban J connectivity index is 1.98. The molecule has 122 valence electrons. The molecule has 0 atom stereocenters. The molecule has 7 heteroatoms. The Morgan fingerprint density at radius 2 is 1.83 bits per heavy atom. The van der Waals surface area contributed by atoms with Gasteiger partial charge in [0.25, 0.3) is 5.91 Å². The van der Waals surface area contributed by atoms with Crippen LogP contribution >= 0.6 is 11.6 Å². The number of amides is 1. The van der Waals surface area contributed by atoms with E-state index in [4.69, 9.17) is 11.6 Å². The molecule has 0 radical (unpaired) electrons. The summed E-state index contributed by atoms with van der Waals surface area (Å²) in [6.45, 7) is 0.448. The lowest BCUT2D eigenvalue weighted by atomic mass is 10.1. The van der Waals surface area contributed by atoms with E-state index in [2.05, 4.69) is 10.0 Å². The van der Waals surface area contributed by atoms with Gasteiger partial charge in [0.05, 0.1) is 4.90 Å². The van der Waals surface area contributed by atoms with Gasteiger partial charge in [0.1, 0.15) is 0 Å². The average molecular weight is 353 g/mol. The van der Waals surface area contributed by atoms with Crippen molar-refractivity contribution in [2.45, 2.75) is 11.3 Å². The average Bonchev–Trinajstić information content (AvgIpc) is 2.56. The first-order chi connectivity index (χ1) is 10.9. The summed E-state index contributed by atoms with van der Waals surface area (Å²) in [5, 5.41) is 3.44. The SMILES string of the molecule is CNS(=O)(=O)c1cccc(C(=O)NCCc2ccc(Cl)cc2)c1. The minimum atomic E-state index is -3.56. The number of carbonyl (C=O) groups is 1. The van der Waals surface area contributed by atoms with Gasteiger partial charge in [0.2, 0.25) is 10.0 Å². The van der Waals surface area contributed by atoms with E-state index in [9.17, 15) is 13.2 Å². The quantitative estimate of drug-likeness (QED) is 0.837. The number of sulfonamides is 1. The van der Waals surface area contributed by atoms with E-state index in [1.165, 1.54) is 19.2 Å². The number of rotatable bonds is 6. The van der Waals surface area contributed by atoms with E-state index >= 15 is 0 Å². The maximum atomic E-state index is 12.1. The standard InChI is InChI=1S/C16H17ClN2O3S/c1-18-23(21,22)15-4-2-3-13(11-15)16(20)19-10-9-12-5-7-14(17)8-6-12/h2-8,11,18H,9-10H2,1H3,(H,19,20). The van der Waals surface area contributed by atoms with E-state index in [-0.39, 0.29) is 10.8 Å². The molecule has 2 rings (SSSR count). The summed E-state index contributed by atoms with van der Waals surface area (Å²) in [5.74, 6) is -0.313. The van der Waals surface area contributed by atoms with Gasteiger partial charge in [-0.1, -0.05) is 29.8 Å². The van der Waals surface area contributed by atoms with Crippen molar-refractivity contribution in [2.75, 3.05) is 13.6 Å². The molecule has 0 saturated heterocycles. The largest absolute Gasteiger partial charge is 0.352 e. The fraction of sp³-hybridized carbons (Fsp3) is 0.188. The van der Waals surface area contributed by atoms with Crippen LogP contribution < -0.4 is 10.0 Å². The number of benzene rings is 2. The van der Waals surface area contributed by atoms with E-state index in [0.29, 0.717) is 23.6 Å². The fourth-order valence-corrected chi connectivity index (χ4v) is 2.90. The van der Waals surface area contributed by atoms with Crippen LogP contribution in [0.25, 0.3) is 0 Å². The summed E-state index contributed by atoms with van der Waals surface area (Å²) in [6, 6.07) is 13.3.